The molecule has 1 heterocycles. The van der Waals surface area contributed by atoms with Crippen LogP contribution in [0.15, 0.2) is 54.7 Å². The third kappa shape index (κ3) is 7.60. The third-order valence-corrected chi connectivity index (χ3v) is 5.83. The molecule has 8 heteroatoms. The number of rotatable bonds is 12. The fourth-order valence-electron chi connectivity index (χ4n) is 3.62. The van der Waals surface area contributed by atoms with E-state index >= 15 is 0 Å². The van der Waals surface area contributed by atoms with Crippen LogP contribution < -0.4 is 15.4 Å². The lowest BCUT2D eigenvalue weighted by atomic mass is 9.97. The molecule has 0 aliphatic heterocycles. The Morgan fingerprint density at radius 3 is 2.37 bits per heavy atom. The predicted molar refractivity (Wildman–Crippen MR) is 135 cm³/mol. The number of hydrogen-bond donors (Lipinski definition) is 2. The topological polar surface area (TPSA) is 59.1 Å². The van der Waals surface area contributed by atoms with E-state index < -0.39 is 11.7 Å². The Labute approximate surface area is 205 Å². The summed E-state index contributed by atoms with van der Waals surface area (Å²) in [5.74, 6) is 0.691. The molecule has 1 aromatic heterocycles. The largest absolute Gasteiger partial charge is 0.494 e. The molecule has 3 rings (SSSR count). The van der Waals surface area contributed by atoms with Gasteiger partial charge in [0.1, 0.15) is 17.1 Å². The summed E-state index contributed by atoms with van der Waals surface area (Å²) >= 11 is 0. The van der Waals surface area contributed by atoms with Crippen LogP contribution in [0, 0.1) is 0 Å². The van der Waals surface area contributed by atoms with E-state index in [1.807, 2.05) is 38.1 Å². The standard InChI is InChI=1S/C27H33F3N4O/c1-4-6-7-10-17-35-21-15-13-20(14-16-21)32-26-31-18-23(27(28,29)30)25(34-26)33-24-12-9-8-11-22(24)19(3)5-2/h8-9,11-16,18-19H,4-7,10,17H2,1-3H3,(H2,31,32,33,34). The second kappa shape index (κ2) is 12.4. The van der Waals surface area contributed by atoms with Crippen molar-refractivity contribution in [3.8, 4) is 5.75 Å². The van der Waals surface area contributed by atoms with Crippen LogP contribution in [-0.4, -0.2) is 16.6 Å². The molecule has 0 aliphatic carbocycles. The van der Waals surface area contributed by atoms with Crippen LogP contribution in [0.4, 0.5) is 36.3 Å². The molecule has 35 heavy (non-hydrogen) atoms. The molecule has 0 amide bonds. The van der Waals surface area contributed by atoms with Crippen molar-refractivity contribution in [2.75, 3.05) is 17.2 Å². The average molecular weight is 487 g/mol. The zero-order valence-corrected chi connectivity index (χ0v) is 20.5. The van der Waals surface area contributed by atoms with Crippen molar-refractivity contribution >= 4 is 23.1 Å². The fourth-order valence-corrected chi connectivity index (χ4v) is 3.62. The highest BCUT2D eigenvalue weighted by atomic mass is 19.4. The molecule has 0 fully saturated rings. The quantitative estimate of drug-likeness (QED) is 0.252. The number of para-hydroxylation sites is 1. The number of anilines is 4. The Kier molecular flexibility index (Phi) is 9.34. The van der Waals surface area contributed by atoms with Gasteiger partial charge >= 0.3 is 6.18 Å². The summed E-state index contributed by atoms with van der Waals surface area (Å²) < 4.78 is 46.8. The van der Waals surface area contributed by atoms with E-state index in [2.05, 4.69) is 27.5 Å². The summed E-state index contributed by atoms with van der Waals surface area (Å²) in [5, 5.41) is 5.89. The molecule has 0 saturated carbocycles. The fraction of sp³-hybridized carbons (Fsp3) is 0.407. The summed E-state index contributed by atoms with van der Waals surface area (Å²) in [7, 11) is 0. The smallest absolute Gasteiger partial charge is 0.421 e. The molecule has 0 radical (unpaired) electrons. The van der Waals surface area contributed by atoms with Crippen LogP contribution in [0.1, 0.15) is 69.9 Å². The number of nitrogens with one attached hydrogen (secondary N) is 2. The van der Waals surface area contributed by atoms with E-state index in [0.29, 0.717) is 18.0 Å². The highest BCUT2D eigenvalue weighted by Crippen LogP contribution is 2.37. The van der Waals surface area contributed by atoms with Crippen LogP contribution in [0.25, 0.3) is 0 Å². The van der Waals surface area contributed by atoms with E-state index in [9.17, 15) is 13.2 Å². The van der Waals surface area contributed by atoms with Gasteiger partial charge in [0.15, 0.2) is 0 Å². The van der Waals surface area contributed by atoms with Crippen LogP contribution >= 0.6 is 0 Å². The van der Waals surface area contributed by atoms with Gasteiger partial charge in [-0.1, -0.05) is 58.2 Å². The molecule has 3 aromatic rings. The van der Waals surface area contributed by atoms with Gasteiger partial charge in [0.05, 0.1) is 6.61 Å². The molecular weight excluding hydrogens is 453 g/mol. The first-order valence-corrected chi connectivity index (χ1v) is 12.1. The van der Waals surface area contributed by atoms with Crippen molar-refractivity contribution in [3.63, 3.8) is 0 Å². The number of halogens is 3. The summed E-state index contributed by atoms with van der Waals surface area (Å²) in [5.41, 5.74) is 1.25. The molecule has 0 saturated heterocycles. The zero-order chi connectivity index (χ0) is 25.3. The van der Waals surface area contributed by atoms with Gasteiger partial charge in [0.2, 0.25) is 5.95 Å². The first-order valence-electron chi connectivity index (χ1n) is 12.1. The summed E-state index contributed by atoms with van der Waals surface area (Å²) in [6.45, 7) is 6.90. The Balaban J connectivity index is 1.77. The predicted octanol–water partition coefficient (Wildman–Crippen LogP) is 8.46. The second-order valence-corrected chi connectivity index (χ2v) is 8.53. The van der Waals surface area contributed by atoms with Gasteiger partial charge < -0.3 is 15.4 Å². The number of aromatic nitrogens is 2. The number of hydrogen-bond acceptors (Lipinski definition) is 5. The van der Waals surface area contributed by atoms with Gasteiger partial charge in [0.25, 0.3) is 0 Å². The van der Waals surface area contributed by atoms with E-state index in [-0.39, 0.29) is 17.7 Å². The number of ether oxygens (including phenoxy) is 1. The van der Waals surface area contributed by atoms with Gasteiger partial charge in [-0.3, -0.25) is 0 Å². The maximum atomic E-state index is 13.7. The maximum absolute atomic E-state index is 13.7. The third-order valence-electron chi connectivity index (χ3n) is 5.83. The van der Waals surface area contributed by atoms with Crippen molar-refractivity contribution in [3.05, 3.63) is 65.9 Å². The minimum atomic E-state index is -4.59. The molecule has 0 aliphatic rings. The van der Waals surface area contributed by atoms with Gasteiger partial charge in [-0.15, -0.1) is 0 Å². The Hall–Kier alpha value is -3.29. The first kappa shape index (κ1) is 26.3. The number of benzene rings is 2. The molecule has 0 bridgehead atoms. The average Bonchev–Trinajstić information content (AvgIpc) is 2.84. The molecule has 5 nitrogen and oxygen atoms in total. The van der Waals surface area contributed by atoms with Gasteiger partial charge in [-0.2, -0.15) is 18.2 Å². The van der Waals surface area contributed by atoms with Crippen LogP contribution in [0.2, 0.25) is 0 Å². The highest BCUT2D eigenvalue weighted by Gasteiger charge is 2.35. The molecule has 188 valence electrons. The van der Waals surface area contributed by atoms with E-state index in [1.54, 1.807) is 24.3 Å². The summed E-state index contributed by atoms with van der Waals surface area (Å²) in [6, 6.07) is 14.5. The summed E-state index contributed by atoms with van der Waals surface area (Å²) in [4.78, 5) is 8.08. The van der Waals surface area contributed by atoms with E-state index in [4.69, 9.17) is 4.74 Å². The first-order chi connectivity index (χ1) is 16.8. The molecular formula is C27H33F3N4O. The Morgan fingerprint density at radius 2 is 1.69 bits per heavy atom. The Morgan fingerprint density at radius 1 is 0.943 bits per heavy atom. The van der Waals surface area contributed by atoms with E-state index in [0.717, 1.165) is 36.8 Å². The Bertz CT molecular complexity index is 1070. The molecule has 1 unspecified atom stereocenters. The molecule has 0 spiro atoms. The number of unbranched alkanes of at least 4 members (excludes halogenated alkanes) is 3. The second-order valence-electron chi connectivity index (χ2n) is 8.53. The lowest BCUT2D eigenvalue weighted by Crippen LogP contribution is -2.13. The van der Waals surface area contributed by atoms with Crippen molar-refractivity contribution in [2.45, 2.75) is 65.0 Å². The highest BCUT2D eigenvalue weighted by molar-refractivity contribution is 5.66. The molecule has 1 atom stereocenters. The van der Waals surface area contributed by atoms with Gasteiger partial charge in [0, 0.05) is 17.6 Å². The zero-order valence-electron chi connectivity index (χ0n) is 20.5. The lowest BCUT2D eigenvalue weighted by Gasteiger charge is -2.19. The van der Waals surface area contributed by atoms with E-state index in [1.165, 1.54) is 12.8 Å². The number of nitrogens with zero attached hydrogens (tertiary/aromatic N) is 2. The van der Waals surface area contributed by atoms with Crippen LogP contribution in [-0.2, 0) is 6.18 Å². The minimum Gasteiger partial charge on any atom is -0.494 e. The number of alkyl halides is 3. The lowest BCUT2D eigenvalue weighted by molar-refractivity contribution is -0.137. The SMILES string of the molecule is CCCCCCOc1ccc(Nc2ncc(C(F)(F)F)c(Nc3ccccc3C(C)CC)n2)cc1. The monoisotopic (exact) mass is 486 g/mol. The van der Waals surface area contributed by atoms with Crippen molar-refractivity contribution in [1.82, 2.24) is 9.97 Å². The van der Waals surface area contributed by atoms with Crippen molar-refractivity contribution in [1.29, 1.82) is 0 Å². The summed E-state index contributed by atoms with van der Waals surface area (Å²) in [6.07, 6.45) is 1.58. The van der Waals surface area contributed by atoms with Gasteiger partial charge in [-0.25, -0.2) is 4.98 Å². The van der Waals surface area contributed by atoms with Crippen molar-refractivity contribution in [2.24, 2.45) is 0 Å². The van der Waals surface area contributed by atoms with Crippen molar-refractivity contribution < 1.29 is 17.9 Å². The van der Waals surface area contributed by atoms with Crippen LogP contribution in [0.3, 0.4) is 0 Å². The maximum Gasteiger partial charge on any atom is 0.421 e. The minimum absolute atomic E-state index is 0.0646. The van der Waals surface area contributed by atoms with Gasteiger partial charge in [-0.05, 0) is 54.7 Å². The van der Waals surface area contributed by atoms with Crippen LogP contribution in [0.5, 0.6) is 5.75 Å². The molecule has 2 aromatic carbocycles. The molecule has 2 N–H and O–H groups in total. The normalized spacial score (nSPS) is 12.3.